The molecule has 3 rings (SSSR count). The van der Waals surface area contributed by atoms with Gasteiger partial charge < -0.3 is 14.9 Å². The Morgan fingerprint density at radius 3 is 2.85 bits per heavy atom. The highest BCUT2D eigenvalue weighted by atomic mass is 16.5. The van der Waals surface area contributed by atoms with Gasteiger partial charge in [0.15, 0.2) is 0 Å². The Hall–Kier alpha value is -2.82. The molecule has 0 saturated carbocycles. The fourth-order valence-electron chi connectivity index (χ4n) is 1.99. The Morgan fingerprint density at radius 1 is 1.25 bits per heavy atom. The molecular formula is C15H13N3O2. The van der Waals surface area contributed by atoms with Crippen LogP contribution in [0.4, 0.5) is 0 Å². The molecule has 2 heterocycles. The highest BCUT2D eigenvalue weighted by molar-refractivity contribution is 6.06. The molecule has 0 saturated heterocycles. The molecule has 0 amide bonds. The lowest BCUT2D eigenvalue weighted by molar-refractivity contribution is 0.261. The average Bonchev–Trinajstić information content (AvgIpc) is 2.97. The number of pyridine rings is 1. The number of rotatable bonds is 4. The van der Waals surface area contributed by atoms with Crippen molar-refractivity contribution in [2.45, 2.75) is 6.61 Å². The van der Waals surface area contributed by atoms with E-state index in [1.807, 2.05) is 30.3 Å². The largest absolute Gasteiger partial charge is 0.469 e. The monoisotopic (exact) mass is 267 g/mol. The number of hydrogen-bond acceptors (Lipinski definition) is 4. The molecule has 3 N–H and O–H groups in total. The van der Waals surface area contributed by atoms with Crippen LogP contribution in [0.5, 0.6) is 5.88 Å². The number of para-hydroxylation sites is 1. The number of hydrogen-bond donors (Lipinski definition) is 2. The number of fused-ring (bicyclic) bond motifs is 1. The van der Waals surface area contributed by atoms with Crippen LogP contribution in [-0.2, 0) is 6.61 Å². The molecule has 2 aromatic heterocycles. The zero-order chi connectivity index (χ0) is 13.9. The molecule has 0 fully saturated rings. The molecule has 3 aromatic rings. The zero-order valence-electron chi connectivity index (χ0n) is 10.7. The van der Waals surface area contributed by atoms with E-state index in [0.717, 1.165) is 10.9 Å². The van der Waals surface area contributed by atoms with Gasteiger partial charge in [-0.3, -0.25) is 5.41 Å². The molecule has 20 heavy (non-hydrogen) atoms. The van der Waals surface area contributed by atoms with E-state index >= 15 is 0 Å². The molecule has 0 radical (unpaired) electrons. The summed E-state index contributed by atoms with van der Waals surface area (Å²) in [6.45, 7) is 0.287. The lowest BCUT2D eigenvalue weighted by atomic mass is 10.1. The molecule has 0 unspecified atom stereocenters. The zero-order valence-corrected chi connectivity index (χ0v) is 10.7. The van der Waals surface area contributed by atoms with Gasteiger partial charge in [0, 0.05) is 17.0 Å². The Morgan fingerprint density at radius 2 is 2.10 bits per heavy atom. The first-order chi connectivity index (χ1) is 9.74. The Bertz CT molecular complexity index is 751. The van der Waals surface area contributed by atoms with Gasteiger partial charge >= 0.3 is 0 Å². The fourth-order valence-corrected chi connectivity index (χ4v) is 1.99. The van der Waals surface area contributed by atoms with Crippen LogP contribution in [0.15, 0.2) is 53.1 Å². The molecular weight excluding hydrogens is 254 g/mol. The second kappa shape index (κ2) is 5.05. The van der Waals surface area contributed by atoms with Gasteiger partial charge in [-0.15, -0.1) is 0 Å². The van der Waals surface area contributed by atoms with Crippen molar-refractivity contribution in [2.24, 2.45) is 5.73 Å². The maximum absolute atomic E-state index is 7.66. The number of benzene rings is 1. The lowest BCUT2D eigenvalue weighted by Crippen LogP contribution is -2.12. The molecule has 0 aliphatic carbocycles. The van der Waals surface area contributed by atoms with Gasteiger partial charge in [-0.05, 0) is 18.2 Å². The van der Waals surface area contributed by atoms with E-state index in [4.69, 9.17) is 20.3 Å². The quantitative estimate of drug-likeness (QED) is 0.562. The van der Waals surface area contributed by atoms with Crippen molar-refractivity contribution in [3.05, 3.63) is 60.1 Å². The van der Waals surface area contributed by atoms with Gasteiger partial charge in [0.2, 0.25) is 5.88 Å². The number of nitrogens with one attached hydrogen (secondary N) is 1. The van der Waals surface area contributed by atoms with Gasteiger partial charge in [-0.1, -0.05) is 18.2 Å². The summed E-state index contributed by atoms with van der Waals surface area (Å²) in [5.41, 5.74) is 6.98. The topological polar surface area (TPSA) is 85.1 Å². The van der Waals surface area contributed by atoms with Gasteiger partial charge in [0.1, 0.15) is 18.2 Å². The molecule has 0 bridgehead atoms. The third-order valence-corrected chi connectivity index (χ3v) is 2.93. The molecule has 100 valence electrons. The predicted octanol–water partition coefficient (Wildman–Crippen LogP) is 2.69. The first-order valence-corrected chi connectivity index (χ1v) is 6.13. The Kier molecular flexibility index (Phi) is 3.09. The van der Waals surface area contributed by atoms with Crippen molar-refractivity contribution < 1.29 is 9.15 Å². The van der Waals surface area contributed by atoms with Crippen LogP contribution in [-0.4, -0.2) is 10.8 Å². The van der Waals surface area contributed by atoms with E-state index in [1.54, 1.807) is 18.4 Å². The summed E-state index contributed by atoms with van der Waals surface area (Å²) >= 11 is 0. The van der Waals surface area contributed by atoms with Crippen LogP contribution in [0.25, 0.3) is 10.9 Å². The average molecular weight is 267 g/mol. The lowest BCUT2D eigenvalue weighted by Gasteiger charge is -2.09. The Balaban J connectivity index is 1.97. The maximum Gasteiger partial charge on any atom is 0.214 e. The number of aromatic nitrogens is 1. The standard InChI is InChI=1S/C15H13N3O2/c16-15(17)12-8-14(20-9-10-4-3-7-19-10)18-13-6-2-1-5-11(12)13/h1-8H,9H2,(H3,16,17). The summed E-state index contributed by atoms with van der Waals surface area (Å²) in [4.78, 5) is 4.40. The number of amidine groups is 1. The van der Waals surface area contributed by atoms with Crippen molar-refractivity contribution >= 4 is 16.7 Å². The SMILES string of the molecule is N=C(N)c1cc(OCc2ccco2)nc2ccccc12. The number of furan rings is 1. The number of ether oxygens (including phenoxy) is 1. The minimum absolute atomic E-state index is 0.00792. The van der Waals surface area contributed by atoms with Crippen molar-refractivity contribution in [2.75, 3.05) is 0 Å². The summed E-state index contributed by atoms with van der Waals surface area (Å²) < 4.78 is 10.8. The molecule has 0 aliphatic heterocycles. The summed E-state index contributed by atoms with van der Waals surface area (Å²) in [6.07, 6.45) is 1.59. The van der Waals surface area contributed by atoms with E-state index < -0.39 is 0 Å². The number of nitrogens with two attached hydrogens (primary N) is 1. The van der Waals surface area contributed by atoms with Crippen LogP contribution in [0.3, 0.4) is 0 Å². The van der Waals surface area contributed by atoms with Gasteiger partial charge in [-0.2, -0.15) is 0 Å². The van der Waals surface area contributed by atoms with Gasteiger partial charge in [0.25, 0.3) is 0 Å². The highest BCUT2D eigenvalue weighted by Crippen LogP contribution is 2.22. The first-order valence-electron chi connectivity index (χ1n) is 6.13. The van der Waals surface area contributed by atoms with Crippen molar-refractivity contribution in [3.8, 4) is 5.88 Å². The van der Waals surface area contributed by atoms with Crippen molar-refractivity contribution in [3.63, 3.8) is 0 Å². The second-order valence-corrected chi connectivity index (χ2v) is 4.31. The van der Waals surface area contributed by atoms with E-state index in [1.165, 1.54) is 0 Å². The third kappa shape index (κ3) is 2.33. The molecule has 1 aromatic carbocycles. The van der Waals surface area contributed by atoms with Crippen LogP contribution >= 0.6 is 0 Å². The van der Waals surface area contributed by atoms with Crippen LogP contribution in [0, 0.1) is 5.41 Å². The summed E-state index contributed by atoms with van der Waals surface area (Å²) in [5, 5.41) is 8.50. The normalized spacial score (nSPS) is 10.6. The first kappa shape index (κ1) is 12.2. The van der Waals surface area contributed by atoms with Gasteiger partial charge in [-0.25, -0.2) is 4.98 Å². The van der Waals surface area contributed by atoms with Crippen molar-refractivity contribution in [1.82, 2.24) is 4.98 Å². The fraction of sp³-hybridized carbons (Fsp3) is 0.0667. The van der Waals surface area contributed by atoms with Gasteiger partial charge in [0.05, 0.1) is 11.8 Å². The minimum atomic E-state index is -0.00792. The van der Waals surface area contributed by atoms with E-state index in [0.29, 0.717) is 17.2 Å². The van der Waals surface area contributed by atoms with E-state index in [-0.39, 0.29) is 12.4 Å². The van der Waals surface area contributed by atoms with Crippen LogP contribution < -0.4 is 10.5 Å². The molecule has 5 heteroatoms. The second-order valence-electron chi connectivity index (χ2n) is 4.31. The molecule has 5 nitrogen and oxygen atoms in total. The van der Waals surface area contributed by atoms with Crippen LogP contribution in [0.2, 0.25) is 0 Å². The summed E-state index contributed by atoms with van der Waals surface area (Å²) in [7, 11) is 0. The maximum atomic E-state index is 7.66. The summed E-state index contributed by atoms with van der Waals surface area (Å²) in [6, 6.07) is 12.8. The predicted molar refractivity (Wildman–Crippen MR) is 75.8 cm³/mol. The number of nitrogen functional groups attached to an aromatic ring is 1. The Labute approximate surface area is 115 Å². The third-order valence-electron chi connectivity index (χ3n) is 2.93. The smallest absolute Gasteiger partial charge is 0.214 e. The molecule has 0 aliphatic rings. The van der Waals surface area contributed by atoms with Crippen LogP contribution in [0.1, 0.15) is 11.3 Å². The van der Waals surface area contributed by atoms with E-state index in [9.17, 15) is 0 Å². The number of nitrogens with zero attached hydrogens (tertiary/aromatic N) is 1. The van der Waals surface area contributed by atoms with E-state index in [2.05, 4.69) is 4.98 Å². The molecule has 0 atom stereocenters. The summed E-state index contributed by atoms with van der Waals surface area (Å²) in [5.74, 6) is 1.13. The highest BCUT2D eigenvalue weighted by Gasteiger charge is 2.09. The van der Waals surface area contributed by atoms with Crippen molar-refractivity contribution in [1.29, 1.82) is 5.41 Å². The minimum Gasteiger partial charge on any atom is -0.469 e. The molecule has 0 spiro atoms.